The van der Waals surface area contributed by atoms with E-state index in [2.05, 4.69) is 5.32 Å². The Hall–Kier alpha value is -3.20. The van der Waals surface area contributed by atoms with Crippen molar-refractivity contribution in [2.45, 2.75) is 44.0 Å². The van der Waals surface area contributed by atoms with E-state index in [4.69, 9.17) is 10.5 Å². The van der Waals surface area contributed by atoms with Crippen LogP contribution < -0.4 is 11.1 Å². The number of benzene rings is 2. The summed E-state index contributed by atoms with van der Waals surface area (Å²) in [6.07, 6.45) is 4.09. The van der Waals surface area contributed by atoms with Crippen LogP contribution in [0.3, 0.4) is 0 Å². The first-order valence-electron chi connectivity index (χ1n) is 12.2. The number of hydrogen-bond acceptors (Lipinski definition) is 5. The molecule has 2 aromatic rings. The van der Waals surface area contributed by atoms with Gasteiger partial charge >= 0.3 is 0 Å². The first-order chi connectivity index (χ1) is 17.2. The number of nitrogens with zero attached hydrogens (tertiary/aromatic N) is 2. The fourth-order valence-electron chi connectivity index (χ4n) is 4.68. The Kier molecular flexibility index (Phi) is 9.12. The molecule has 0 aliphatic carbocycles. The Morgan fingerprint density at radius 1 is 1.05 bits per heavy atom. The molecule has 8 nitrogen and oxygen atoms in total. The molecule has 1 fully saturated rings. The zero-order valence-corrected chi connectivity index (χ0v) is 22.1. The molecule has 0 radical (unpaired) electrons. The van der Waals surface area contributed by atoms with Crippen molar-refractivity contribution in [1.82, 2.24) is 15.1 Å². The fourth-order valence-corrected chi connectivity index (χ4v) is 4.68. The Morgan fingerprint density at radius 3 is 2.30 bits per heavy atom. The van der Waals surface area contributed by atoms with E-state index in [-0.39, 0.29) is 30.8 Å². The van der Waals surface area contributed by atoms with Crippen molar-refractivity contribution in [2.24, 2.45) is 5.73 Å². The molecular formula is C28H35ClN4O4. The van der Waals surface area contributed by atoms with Crippen LogP contribution in [-0.4, -0.2) is 70.9 Å². The van der Waals surface area contributed by atoms with Crippen LogP contribution >= 0.6 is 12.4 Å². The molecule has 2 aromatic carbocycles. The maximum atomic E-state index is 13.7. The minimum absolute atomic E-state index is 0. The van der Waals surface area contributed by atoms with Gasteiger partial charge in [-0.1, -0.05) is 66.7 Å². The lowest BCUT2D eigenvalue weighted by Gasteiger charge is -2.47. The molecule has 9 heteroatoms. The molecule has 2 aliphatic heterocycles. The second kappa shape index (κ2) is 11.9. The molecule has 2 atom stereocenters. The first kappa shape index (κ1) is 28.4. The number of fused-ring (bicyclic) bond motifs is 1. The van der Waals surface area contributed by atoms with Crippen molar-refractivity contribution in [2.75, 3.05) is 26.2 Å². The highest BCUT2D eigenvalue weighted by Crippen LogP contribution is 2.32. The van der Waals surface area contributed by atoms with Gasteiger partial charge in [0.1, 0.15) is 6.04 Å². The van der Waals surface area contributed by atoms with E-state index >= 15 is 0 Å². The Labute approximate surface area is 224 Å². The highest BCUT2D eigenvalue weighted by Gasteiger charge is 2.47. The predicted octanol–water partition coefficient (Wildman–Crippen LogP) is 2.07. The van der Waals surface area contributed by atoms with Crippen molar-refractivity contribution in [3.05, 3.63) is 83.9 Å². The van der Waals surface area contributed by atoms with Gasteiger partial charge < -0.3 is 25.6 Å². The van der Waals surface area contributed by atoms with Gasteiger partial charge in [-0.25, -0.2) is 0 Å². The van der Waals surface area contributed by atoms with Gasteiger partial charge in [0.15, 0.2) is 0 Å². The summed E-state index contributed by atoms with van der Waals surface area (Å²) in [6, 6.07) is 18.7. The van der Waals surface area contributed by atoms with Gasteiger partial charge in [0.05, 0.1) is 24.3 Å². The molecule has 198 valence electrons. The molecular weight excluding hydrogens is 492 g/mol. The number of nitrogens with one attached hydrogen (secondary N) is 1. The number of carbonyl (C=O) groups excluding carboxylic acids is 3. The SMILES string of the molecule is CC(C)(N)C(=O)N[C@H](COCc1ccccc1)C(=O)N1CCN2C(=O)C=C[C@@]2(Cc2ccccc2)C1.Cl. The number of amides is 3. The Bertz CT molecular complexity index is 1120. The average Bonchev–Trinajstić information content (AvgIpc) is 3.18. The van der Waals surface area contributed by atoms with Crippen LogP contribution in [0.25, 0.3) is 0 Å². The van der Waals surface area contributed by atoms with Crippen molar-refractivity contribution >= 4 is 30.1 Å². The van der Waals surface area contributed by atoms with E-state index in [0.717, 1.165) is 11.1 Å². The maximum absolute atomic E-state index is 13.7. The van der Waals surface area contributed by atoms with Crippen LogP contribution in [0, 0.1) is 0 Å². The van der Waals surface area contributed by atoms with Crippen LogP contribution in [-0.2, 0) is 32.1 Å². The highest BCUT2D eigenvalue weighted by molar-refractivity contribution is 5.93. The number of piperazine rings is 1. The number of carbonyl (C=O) groups is 3. The number of ether oxygens (including phenoxy) is 1. The topological polar surface area (TPSA) is 105 Å². The molecule has 0 spiro atoms. The second-order valence-corrected chi connectivity index (χ2v) is 10.1. The van der Waals surface area contributed by atoms with E-state index in [1.807, 2.05) is 71.6 Å². The van der Waals surface area contributed by atoms with Gasteiger partial charge in [-0.05, 0) is 25.0 Å². The Balaban J connectivity index is 0.00000380. The number of hydrogen-bond donors (Lipinski definition) is 2. The molecule has 1 saturated heterocycles. The summed E-state index contributed by atoms with van der Waals surface area (Å²) in [4.78, 5) is 42.6. The minimum atomic E-state index is -1.15. The van der Waals surface area contributed by atoms with Gasteiger partial charge in [0.2, 0.25) is 17.7 Å². The maximum Gasteiger partial charge on any atom is 0.247 e. The summed E-state index contributed by atoms with van der Waals surface area (Å²) in [7, 11) is 0. The molecule has 0 bridgehead atoms. The lowest BCUT2D eigenvalue weighted by Crippen LogP contribution is -2.65. The van der Waals surface area contributed by atoms with E-state index < -0.39 is 23.0 Å². The van der Waals surface area contributed by atoms with Crippen molar-refractivity contribution in [3.8, 4) is 0 Å². The normalized spacial score (nSPS) is 19.7. The van der Waals surface area contributed by atoms with Gasteiger partial charge in [0, 0.05) is 32.1 Å². The average molecular weight is 527 g/mol. The van der Waals surface area contributed by atoms with Gasteiger partial charge in [-0.15, -0.1) is 12.4 Å². The smallest absolute Gasteiger partial charge is 0.247 e. The summed E-state index contributed by atoms with van der Waals surface area (Å²) in [5.41, 5.74) is 6.27. The summed E-state index contributed by atoms with van der Waals surface area (Å²) in [5.74, 6) is -0.725. The third-order valence-corrected chi connectivity index (χ3v) is 6.65. The fraction of sp³-hybridized carbons (Fsp3) is 0.393. The monoisotopic (exact) mass is 526 g/mol. The molecule has 3 amide bonds. The van der Waals surface area contributed by atoms with Crippen molar-refractivity contribution in [3.63, 3.8) is 0 Å². The molecule has 2 heterocycles. The van der Waals surface area contributed by atoms with Crippen LogP contribution in [0.1, 0.15) is 25.0 Å². The van der Waals surface area contributed by atoms with Crippen molar-refractivity contribution < 1.29 is 19.1 Å². The number of halogens is 1. The van der Waals surface area contributed by atoms with E-state index in [9.17, 15) is 14.4 Å². The third-order valence-electron chi connectivity index (χ3n) is 6.65. The zero-order chi connectivity index (χ0) is 25.8. The highest BCUT2D eigenvalue weighted by atomic mass is 35.5. The molecule has 4 rings (SSSR count). The molecule has 0 saturated carbocycles. The zero-order valence-electron chi connectivity index (χ0n) is 21.3. The molecule has 3 N–H and O–H groups in total. The van der Waals surface area contributed by atoms with Gasteiger partial charge in [0.25, 0.3) is 0 Å². The summed E-state index contributed by atoms with van der Waals surface area (Å²) < 4.78 is 5.85. The predicted molar refractivity (Wildman–Crippen MR) is 144 cm³/mol. The minimum Gasteiger partial charge on any atom is -0.374 e. The lowest BCUT2D eigenvalue weighted by molar-refractivity contribution is -0.146. The van der Waals surface area contributed by atoms with E-state index in [1.54, 1.807) is 24.8 Å². The van der Waals surface area contributed by atoms with Crippen molar-refractivity contribution in [1.29, 1.82) is 0 Å². The quantitative estimate of drug-likeness (QED) is 0.520. The van der Waals surface area contributed by atoms with E-state index in [1.165, 1.54) is 0 Å². The van der Waals surface area contributed by atoms with Crippen LogP contribution in [0.15, 0.2) is 72.8 Å². The molecule has 37 heavy (non-hydrogen) atoms. The first-order valence-corrected chi connectivity index (χ1v) is 12.2. The molecule has 2 aliphatic rings. The van der Waals surface area contributed by atoms with Crippen LogP contribution in [0.5, 0.6) is 0 Å². The lowest BCUT2D eigenvalue weighted by atomic mass is 9.88. The summed E-state index contributed by atoms with van der Waals surface area (Å²) in [5, 5.41) is 2.79. The summed E-state index contributed by atoms with van der Waals surface area (Å²) in [6.45, 7) is 4.64. The number of nitrogens with two attached hydrogens (primary N) is 1. The van der Waals surface area contributed by atoms with Gasteiger partial charge in [-0.2, -0.15) is 0 Å². The van der Waals surface area contributed by atoms with Crippen LogP contribution in [0.4, 0.5) is 0 Å². The van der Waals surface area contributed by atoms with Gasteiger partial charge in [-0.3, -0.25) is 14.4 Å². The second-order valence-electron chi connectivity index (χ2n) is 10.1. The van der Waals surface area contributed by atoms with Crippen LogP contribution in [0.2, 0.25) is 0 Å². The largest absolute Gasteiger partial charge is 0.374 e. The molecule has 0 aromatic heterocycles. The van der Waals surface area contributed by atoms with E-state index in [0.29, 0.717) is 32.7 Å². The Morgan fingerprint density at radius 2 is 1.68 bits per heavy atom. The standard InChI is InChI=1S/C28H34N4O4.ClH/c1-27(2,29)26(35)30-23(19-36-18-22-11-7-4-8-12-22)25(34)31-15-16-32-24(33)13-14-28(32,20-31)17-21-9-5-3-6-10-21;/h3-14,23H,15-20,29H2,1-2H3,(H,30,35);1H/t23-,28-;/m1./s1. The molecule has 0 unspecified atom stereocenters. The summed E-state index contributed by atoms with van der Waals surface area (Å²) >= 11 is 0. The number of rotatable bonds is 9. The third kappa shape index (κ3) is 6.77.